The maximum atomic E-state index is 5.85. The van der Waals surface area contributed by atoms with E-state index in [0.717, 1.165) is 25.9 Å². The van der Waals surface area contributed by atoms with Crippen molar-refractivity contribution in [3.05, 3.63) is 29.8 Å². The van der Waals surface area contributed by atoms with Crippen molar-refractivity contribution < 1.29 is 0 Å². The van der Waals surface area contributed by atoms with Crippen LogP contribution in [0, 0.1) is 12.3 Å². The highest BCUT2D eigenvalue weighted by molar-refractivity contribution is 5.47. The summed E-state index contributed by atoms with van der Waals surface area (Å²) in [5.41, 5.74) is 14.5. The van der Waals surface area contributed by atoms with E-state index >= 15 is 0 Å². The Bertz CT molecular complexity index is 344. The summed E-state index contributed by atoms with van der Waals surface area (Å²) >= 11 is 0. The molecule has 0 aliphatic carbocycles. The maximum Gasteiger partial charge on any atom is 0.0366 e. The normalized spacial score (nSPS) is 19.4. The highest BCUT2D eigenvalue weighted by Crippen LogP contribution is 2.31. The fourth-order valence-corrected chi connectivity index (χ4v) is 2.49. The molecule has 0 spiro atoms. The average Bonchev–Trinajstić information content (AvgIpc) is 2.40. The Kier molecular flexibility index (Phi) is 3.69. The summed E-state index contributed by atoms with van der Waals surface area (Å²) in [6.07, 6.45) is 2.21. The molecule has 2 rings (SSSR count). The zero-order valence-corrected chi connectivity index (χ0v) is 10.7. The molecule has 17 heavy (non-hydrogen) atoms. The molecule has 1 fully saturated rings. The molecule has 1 aliphatic rings. The Morgan fingerprint density at radius 1 is 1.06 bits per heavy atom. The first-order chi connectivity index (χ1) is 8.19. The maximum absolute atomic E-state index is 5.85. The van der Waals surface area contributed by atoms with Gasteiger partial charge in [0.1, 0.15) is 0 Å². The predicted octanol–water partition coefficient (Wildman–Crippen LogP) is 1.50. The monoisotopic (exact) mass is 233 g/mol. The molecule has 0 bridgehead atoms. The molecular formula is C14H23N3. The first-order valence-corrected chi connectivity index (χ1v) is 6.41. The molecule has 0 radical (unpaired) electrons. The van der Waals surface area contributed by atoms with Crippen molar-refractivity contribution in [3.8, 4) is 0 Å². The van der Waals surface area contributed by atoms with E-state index in [1.165, 1.54) is 11.3 Å². The van der Waals surface area contributed by atoms with E-state index in [1.54, 1.807) is 0 Å². The minimum absolute atomic E-state index is 0.182. The second-order valence-electron chi connectivity index (χ2n) is 5.23. The van der Waals surface area contributed by atoms with E-state index in [2.05, 4.69) is 36.1 Å². The summed E-state index contributed by atoms with van der Waals surface area (Å²) in [4.78, 5) is 2.43. The number of piperidine rings is 1. The van der Waals surface area contributed by atoms with Crippen LogP contribution < -0.4 is 16.4 Å². The van der Waals surface area contributed by atoms with Crippen LogP contribution in [0.25, 0.3) is 0 Å². The van der Waals surface area contributed by atoms with Crippen LogP contribution in [-0.4, -0.2) is 26.2 Å². The molecule has 1 heterocycles. The zero-order valence-electron chi connectivity index (χ0n) is 10.7. The fraction of sp³-hybridized carbons (Fsp3) is 0.571. The number of anilines is 1. The number of aryl methyl sites for hydroxylation is 1. The first-order valence-electron chi connectivity index (χ1n) is 6.41. The van der Waals surface area contributed by atoms with Crippen molar-refractivity contribution in [1.82, 2.24) is 0 Å². The van der Waals surface area contributed by atoms with Crippen molar-refractivity contribution in [3.63, 3.8) is 0 Å². The summed E-state index contributed by atoms with van der Waals surface area (Å²) in [6.45, 7) is 5.68. The van der Waals surface area contributed by atoms with Gasteiger partial charge < -0.3 is 16.4 Å². The SMILES string of the molecule is Cc1ccc(N2CCC(CN)(CN)CC2)cc1. The Morgan fingerprint density at radius 2 is 1.59 bits per heavy atom. The molecule has 0 aromatic heterocycles. The van der Waals surface area contributed by atoms with Crippen molar-refractivity contribution in [2.75, 3.05) is 31.1 Å². The van der Waals surface area contributed by atoms with Crippen molar-refractivity contribution in [2.24, 2.45) is 16.9 Å². The lowest BCUT2D eigenvalue weighted by Gasteiger charge is -2.41. The van der Waals surface area contributed by atoms with Gasteiger partial charge in [-0.2, -0.15) is 0 Å². The van der Waals surface area contributed by atoms with Gasteiger partial charge in [0, 0.05) is 18.8 Å². The molecule has 3 nitrogen and oxygen atoms in total. The van der Waals surface area contributed by atoms with E-state index in [1.807, 2.05) is 0 Å². The number of benzene rings is 1. The Balaban J connectivity index is 2.01. The van der Waals surface area contributed by atoms with Gasteiger partial charge in [0.15, 0.2) is 0 Å². The Hall–Kier alpha value is -1.06. The summed E-state index contributed by atoms with van der Waals surface area (Å²) in [5.74, 6) is 0. The van der Waals surface area contributed by atoms with Gasteiger partial charge in [0.25, 0.3) is 0 Å². The molecule has 1 aromatic carbocycles. The lowest BCUT2D eigenvalue weighted by atomic mass is 9.78. The van der Waals surface area contributed by atoms with Crippen LogP contribution in [0.2, 0.25) is 0 Å². The number of hydrogen-bond donors (Lipinski definition) is 2. The summed E-state index contributed by atoms with van der Waals surface area (Å²) in [7, 11) is 0. The van der Waals surface area contributed by atoms with Crippen molar-refractivity contribution in [1.29, 1.82) is 0 Å². The molecule has 1 aliphatic heterocycles. The number of nitrogens with zero attached hydrogens (tertiary/aromatic N) is 1. The molecule has 94 valence electrons. The van der Waals surface area contributed by atoms with Crippen LogP contribution in [0.15, 0.2) is 24.3 Å². The third-order valence-corrected chi connectivity index (χ3v) is 4.09. The third kappa shape index (κ3) is 2.61. The quantitative estimate of drug-likeness (QED) is 0.832. The molecule has 4 N–H and O–H groups in total. The van der Waals surface area contributed by atoms with Crippen LogP contribution in [-0.2, 0) is 0 Å². The van der Waals surface area contributed by atoms with Gasteiger partial charge in [0.2, 0.25) is 0 Å². The number of hydrogen-bond acceptors (Lipinski definition) is 3. The van der Waals surface area contributed by atoms with E-state index in [9.17, 15) is 0 Å². The van der Waals surface area contributed by atoms with Crippen LogP contribution in [0.5, 0.6) is 0 Å². The minimum Gasteiger partial charge on any atom is -0.371 e. The topological polar surface area (TPSA) is 55.3 Å². The van der Waals surface area contributed by atoms with Gasteiger partial charge in [-0.15, -0.1) is 0 Å². The molecule has 0 atom stereocenters. The second-order valence-corrected chi connectivity index (χ2v) is 5.23. The van der Waals surface area contributed by atoms with E-state index in [-0.39, 0.29) is 5.41 Å². The minimum atomic E-state index is 0.182. The third-order valence-electron chi connectivity index (χ3n) is 4.09. The van der Waals surface area contributed by atoms with Gasteiger partial charge in [-0.3, -0.25) is 0 Å². The smallest absolute Gasteiger partial charge is 0.0366 e. The molecule has 0 amide bonds. The zero-order chi connectivity index (χ0) is 12.3. The van der Waals surface area contributed by atoms with Gasteiger partial charge >= 0.3 is 0 Å². The van der Waals surface area contributed by atoms with Crippen LogP contribution in [0.1, 0.15) is 18.4 Å². The number of rotatable bonds is 3. The standard InChI is InChI=1S/C14H23N3/c1-12-2-4-13(5-3-12)17-8-6-14(10-15,11-16)7-9-17/h2-5H,6-11,15-16H2,1H3. The van der Waals surface area contributed by atoms with Crippen LogP contribution in [0.3, 0.4) is 0 Å². The van der Waals surface area contributed by atoms with Crippen molar-refractivity contribution in [2.45, 2.75) is 19.8 Å². The molecule has 0 unspecified atom stereocenters. The molecule has 1 aromatic rings. The molecule has 1 saturated heterocycles. The lowest BCUT2D eigenvalue weighted by molar-refractivity contribution is 0.238. The molecular weight excluding hydrogens is 210 g/mol. The summed E-state index contributed by atoms with van der Waals surface area (Å²) in [6, 6.07) is 8.74. The first kappa shape index (κ1) is 12.4. The van der Waals surface area contributed by atoms with Crippen LogP contribution >= 0.6 is 0 Å². The van der Waals surface area contributed by atoms with E-state index in [0.29, 0.717) is 13.1 Å². The van der Waals surface area contributed by atoms with Crippen molar-refractivity contribution >= 4 is 5.69 Å². The average molecular weight is 233 g/mol. The second kappa shape index (κ2) is 5.07. The lowest BCUT2D eigenvalue weighted by Crippen LogP contribution is -2.47. The van der Waals surface area contributed by atoms with Gasteiger partial charge in [0.05, 0.1) is 0 Å². The molecule has 3 heteroatoms. The van der Waals surface area contributed by atoms with Gasteiger partial charge in [-0.05, 0) is 50.4 Å². The largest absolute Gasteiger partial charge is 0.371 e. The van der Waals surface area contributed by atoms with E-state index in [4.69, 9.17) is 11.5 Å². The summed E-state index contributed by atoms with van der Waals surface area (Å²) in [5, 5.41) is 0. The van der Waals surface area contributed by atoms with E-state index < -0.39 is 0 Å². The molecule has 0 saturated carbocycles. The van der Waals surface area contributed by atoms with Gasteiger partial charge in [-0.25, -0.2) is 0 Å². The predicted molar refractivity (Wildman–Crippen MR) is 73.2 cm³/mol. The summed E-state index contributed by atoms with van der Waals surface area (Å²) < 4.78 is 0. The number of nitrogens with two attached hydrogens (primary N) is 2. The highest BCUT2D eigenvalue weighted by atomic mass is 15.1. The Labute approximate surface area is 104 Å². The Morgan fingerprint density at radius 3 is 2.06 bits per heavy atom. The van der Waals surface area contributed by atoms with Crippen LogP contribution in [0.4, 0.5) is 5.69 Å². The van der Waals surface area contributed by atoms with Gasteiger partial charge in [-0.1, -0.05) is 17.7 Å². The highest BCUT2D eigenvalue weighted by Gasteiger charge is 2.31. The fourth-order valence-electron chi connectivity index (χ4n) is 2.49.